The predicted molar refractivity (Wildman–Crippen MR) is 99.7 cm³/mol. The smallest absolute Gasteiger partial charge is 0.469 e. The van der Waals surface area contributed by atoms with E-state index in [0.717, 1.165) is 19.6 Å². The molecule has 2 aliphatic heterocycles. The molecule has 0 aromatic heterocycles. The van der Waals surface area contributed by atoms with Crippen molar-refractivity contribution in [1.29, 1.82) is 0 Å². The van der Waals surface area contributed by atoms with Crippen molar-refractivity contribution >= 4 is 19.7 Å². The topological polar surface area (TPSA) is 113 Å². The summed E-state index contributed by atoms with van der Waals surface area (Å²) in [5.74, 6) is -0.893. The standard InChI is InChI=1S/C17H31N2O8P/c1-17(2)13-26-28(22,25-10-4-7-19-8-11-24-12-9-19)27-15(17)16(21)18-6-5-14(20)23-3/h15H,4-13H2,1-3H3,(H,18,21)/t15-,28?/m0/s1. The molecule has 0 aliphatic carbocycles. The zero-order chi connectivity index (χ0) is 20.6. The van der Waals surface area contributed by atoms with E-state index in [1.807, 2.05) is 0 Å². The highest BCUT2D eigenvalue weighted by molar-refractivity contribution is 7.48. The van der Waals surface area contributed by atoms with E-state index in [2.05, 4.69) is 15.0 Å². The van der Waals surface area contributed by atoms with Gasteiger partial charge in [0.15, 0.2) is 6.10 Å². The van der Waals surface area contributed by atoms with Gasteiger partial charge in [-0.05, 0) is 6.42 Å². The Kier molecular flexibility index (Phi) is 8.85. The summed E-state index contributed by atoms with van der Waals surface area (Å²) in [5.41, 5.74) is -0.694. The van der Waals surface area contributed by atoms with E-state index in [4.69, 9.17) is 18.3 Å². The van der Waals surface area contributed by atoms with E-state index in [9.17, 15) is 14.2 Å². The van der Waals surface area contributed by atoms with Crippen LogP contribution in [0.15, 0.2) is 0 Å². The monoisotopic (exact) mass is 422 g/mol. The van der Waals surface area contributed by atoms with Crippen molar-refractivity contribution in [2.75, 3.05) is 59.7 Å². The molecule has 2 aliphatic rings. The lowest BCUT2D eigenvalue weighted by atomic mass is 9.87. The van der Waals surface area contributed by atoms with E-state index >= 15 is 0 Å². The van der Waals surface area contributed by atoms with Crippen LogP contribution < -0.4 is 5.32 Å². The quantitative estimate of drug-likeness (QED) is 0.330. The first-order valence-corrected chi connectivity index (χ1v) is 10.9. The number of hydrogen-bond donors (Lipinski definition) is 1. The summed E-state index contributed by atoms with van der Waals surface area (Å²) in [6.45, 7) is 7.88. The molecule has 2 heterocycles. The van der Waals surface area contributed by atoms with E-state index in [1.165, 1.54) is 7.11 Å². The Morgan fingerprint density at radius 1 is 1.29 bits per heavy atom. The van der Waals surface area contributed by atoms with Gasteiger partial charge < -0.3 is 14.8 Å². The molecule has 2 rings (SSSR count). The molecule has 162 valence electrons. The molecule has 0 bridgehead atoms. The molecular formula is C17H31N2O8P. The average molecular weight is 422 g/mol. The van der Waals surface area contributed by atoms with Crippen LogP contribution in [0.2, 0.25) is 0 Å². The Hall–Kier alpha value is -1.03. The van der Waals surface area contributed by atoms with Gasteiger partial charge in [-0.1, -0.05) is 13.8 Å². The Labute approximate surface area is 165 Å². The zero-order valence-electron chi connectivity index (χ0n) is 16.8. The third-order valence-corrected chi connectivity index (χ3v) is 6.02. The van der Waals surface area contributed by atoms with E-state index in [-0.39, 0.29) is 26.2 Å². The third-order valence-electron chi connectivity index (χ3n) is 4.60. The number of morpholine rings is 1. The second kappa shape index (κ2) is 10.7. The van der Waals surface area contributed by atoms with Crippen LogP contribution in [0.3, 0.4) is 0 Å². The molecule has 28 heavy (non-hydrogen) atoms. The Balaban J connectivity index is 1.80. The number of methoxy groups -OCH3 is 1. The fourth-order valence-corrected chi connectivity index (χ4v) is 4.54. The van der Waals surface area contributed by atoms with E-state index in [1.54, 1.807) is 13.8 Å². The Bertz CT molecular complexity index is 580. The number of nitrogens with one attached hydrogen (secondary N) is 1. The largest absolute Gasteiger partial charge is 0.475 e. The number of rotatable bonds is 9. The lowest BCUT2D eigenvalue weighted by Crippen LogP contribution is -2.50. The van der Waals surface area contributed by atoms with Crippen LogP contribution in [-0.2, 0) is 37.2 Å². The minimum absolute atomic E-state index is 0.0432. The molecule has 0 aromatic rings. The van der Waals surface area contributed by atoms with Crippen molar-refractivity contribution in [2.45, 2.75) is 32.8 Å². The highest BCUT2D eigenvalue weighted by Gasteiger charge is 2.48. The van der Waals surface area contributed by atoms with Gasteiger partial charge in [-0.2, -0.15) is 0 Å². The maximum absolute atomic E-state index is 12.8. The zero-order valence-corrected chi connectivity index (χ0v) is 17.7. The number of amides is 1. The number of carbonyl (C=O) groups is 2. The van der Waals surface area contributed by atoms with Gasteiger partial charge in [0.2, 0.25) is 5.91 Å². The minimum atomic E-state index is -3.83. The lowest BCUT2D eigenvalue weighted by molar-refractivity contribution is -0.143. The molecule has 1 N–H and O–H groups in total. The highest BCUT2D eigenvalue weighted by Crippen LogP contribution is 2.57. The van der Waals surface area contributed by atoms with Crippen LogP contribution in [0.1, 0.15) is 26.7 Å². The highest BCUT2D eigenvalue weighted by atomic mass is 31.2. The van der Waals surface area contributed by atoms with Gasteiger partial charge in [-0.3, -0.25) is 28.1 Å². The molecule has 0 aromatic carbocycles. The van der Waals surface area contributed by atoms with Crippen molar-refractivity contribution in [3.8, 4) is 0 Å². The number of carbonyl (C=O) groups excluding carboxylic acids is 2. The normalized spacial score (nSPS) is 27.9. The van der Waals surface area contributed by atoms with Gasteiger partial charge in [0.1, 0.15) is 0 Å². The second-order valence-electron chi connectivity index (χ2n) is 7.45. The summed E-state index contributed by atoms with van der Waals surface area (Å²) in [5, 5.41) is 2.61. The van der Waals surface area contributed by atoms with E-state index < -0.39 is 31.2 Å². The van der Waals surface area contributed by atoms with Crippen LogP contribution >= 0.6 is 7.82 Å². The first-order valence-electron chi connectivity index (χ1n) is 9.48. The van der Waals surface area contributed by atoms with Crippen LogP contribution in [0.25, 0.3) is 0 Å². The Morgan fingerprint density at radius 3 is 2.68 bits per heavy atom. The van der Waals surface area contributed by atoms with Gasteiger partial charge >= 0.3 is 13.8 Å². The van der Waals surface area contributed by atoms with Crippen molar-refractivity contribution in [3.63, 3.8) is 0 Å². The lowest BCUT2D eigenvalue weighted by Gasteiger charge is -2.39. The summed E-state index contributed by atoms with van der Waals surface area (Å²) >= 11 is 0. The number of phosphoric acid groups is 1. The molecule has 2 saturated heterocycles. The maximum Gasteiger partial charge on any atom is 0.475 e. The fourth-order valence-electron chi connectivity index (χ4n) is 2.87. The molecule has 0 saturated carbocycles. The van der Waals surface area contributed by atoms with E-state index in [0.29, 0.717) is 19.6 Å². The number of ether oxygens (including phenoxy) is 2. The predicted octanol–water partition coefficient (Wildman–Crippen LogP) is 0.954. The van der Waals surface area contributed by atoms with Crippen LogP contribution in [0, 0.1) is 5.41 Å². The Morgan fingerprint density at radius 2 is 2.00 bits per heavy atom. The summed E-state index contributed by atoms with van der Waals surface area (Å²) in [6, 6.07) is 0. The summed E-state index contributed by atoms with van der Waals surface area (Å²) in [6.07, 6.45) is -0.304. The van der Waals surface area contributed by atoms with Gasteiger partial charge in [-0.15, -0.1) is 0 Å². The van der Waals surface area contributed by atoms with Gasteiger partial charge in [0.25, 0.3) is 0 Å². The number of nitrogens with zero attached hydrogens (tertiary/aromatic N) is 1. The molecule has 1 unspecified atom stereocenters. The van der Waals surface area contributed by atoms with Crippen molar-refractivity contribution < 1.29 is 37.2 Å². The number of esters is 1. The fraction of sp³-hybridized carbons (Fsp3) is 0.882. The molecule has 0 spiro atoms. The first-order chi connectivity index (χ1) is 13.3. The molecular weight excluding hydrogens is 391 g/mol. The molecule has 10 nitrogen and oxygen atoms in total. The number of hydrogen-bond acceptors (Lipinski definition) is 9. The van der Waals surface area contributed by atoms with Crippen LogP contribution in [-0.4, -0.2) is 82.6 Å². The van der Waals surface area contributed by atoms with Gasteiger partial charge in [-0.25, -0.2) is 4.57 Å². The minimum Gasteiger partial charge on any atom is -0.469 e. The summed E-state index contributed by atoms with van der Waals surface area (Å²) in [7, 11) is -2.55. The van der Waals surface area contributed by atoms with Crippen LogP contribution in [0.5, 0.6) is 0 Å². The first kappa shape index (κ1) is 23.3. The maximum atomic E-state index is 12.8. The van der Waals surface area contributed by atoms with Crippen molar-refractivity contribution in [1.82, 2.24) is 10.2 Å². The van der Waals surface area contributed by atoms with Crippen LogP contribution in [0.4, 0.5) is 0 Å². The molecule has 0 radical (unpaired) electrons. The summed E-state index contributed by atoms with van der Waals surface area (Å²) < 4.78 is 38.8. The van der Waals surface area contributed by atoms with Crippen molar-refractivity contribution in [2.24, 2.45) is 5.41 Å². The average Bonchev–Trinajstić information content (AvgIpc) is 2.68. The molecule has 2 fully saturated rings. The number of phosphoric ester groups is 1. The molecule has 2 atom stereocenters. The molecule has 11 heteroatoms. The van der Waals surface area contributed by atoms with Gasteiger partial charge in [0, 0.05) is 31.6 Å². The summed E-state index contributed by atoms with van der Waals surface area (Å²) in [4.78, 5) is 25.9. The SMILES string of the molecule is COC(=O)CCNC(=O)[C@@H]1OP(=O)(OCCCN2CCOCC2)OCC1(C)C. The van der Waals surface area contributed by atoms with Gasteiger partial charge in [0.05, 0.1) is 40.0 Å². The second-order valence-corrected chi connectivity index (χ2v) is 9.07. The van der Waals surface area contributed by atoms with Crippen molar-refractivity contribution in [3.05, 3.63) is 0 Å². The molecule has 1 amide bonds. The third kappa shape index (κ3) is 7.09.